The van der Waals surface area contributed by atoms with Crippen molar-refractivity contribution in [1.29, 1.82) is 0 Å². The second kappa shape index (κ2) is 6.66. The predicted molar refractivity (Wildman–Crippen MR) is 83.0 cm³/mol. The first kappa shape index (κ1) is 16.1. The van der Waals surface area contributed by atoms with Crippen LogP contribution in [0.25, 0.3) is 0 Å². The summed E-state index contributed by atoms with van der Waals surface area (Å²) in [4.78, 5) is 11.9. The number of amides is 2. The summed E-state index contributed by atoms with van der Waals surface area (Å²) in [5, 5.41) is 15.5. The molecule has 0 heterocycles. The third-order valence-corrected chi connectivity index (χ3v) is 4.51. The molecule has 0 bridgehead atoms. The predicted octanol–water partition coefficient (Wildman–Crippen LogP) is 2.23. The molecule has 0 radical (unpaired) electrons. The molecular formula is C15H21FN2O2S. The molecule has 0 saturated heterocycles. The van der Waals surface area contributed by atoms with E-state index >= 15 is 0 Å². The number of carbonyl (C=O) groups is 1. The third-order valence-electron chi connectivity index (χ3n) is 3.60. The van der Waals surface area contributed by atoms with Crippen LogP contribution >= 0.6 is 11.8 Å². The molecule has 6 heteroatoms. The second-order valence-corrected chi connectivity index (χ2v) is 6.52. The van der Waals surface area contributed by atoms with Gasteiger partial charge in [0.15, 0.2) is 0 Å². The molecule has 1 aromatic carbocycles. The fraction of sp³-hybridized carbons (Fsp3) is 0.533. The van der Waals surface area contributed by atoms with Gasteiger partial charge >= 0.3 is 6.03 Å². The van der Waals surface area contributed by atoms with Crippen LogP contribution in [0.15, 0.2) is 18.2 Å². The van der Waals surface area contributed by atoms with Gasteiger partial charge in [-0.3, -0.25) is 0 Å². The number of benzene rings is 1. The maximum atomic E-state index is 13.6. The standard InChI is InChI=1S/C15H21FN2O2S/c1-15(20,9-21-2)8-17-14(19)18-13-7-6-10-11(13)4-3-5-12(10)16/h3-5,13,20H,6-9H2,1-2H3,(H2,17,18,19). The zero-order chi connectivity index (χ0) is 15.5. The van der Waals surface area contributed by atoms with E-state index in [0.29, 0.717) is 24.2 Å². The van der Waals surface area contributed by atoms with Gasteiger partial charge in [-0.1, -0.05) is 12.1 Å². The Labute approximate surface area is 128 Å². The Morgan fingerprint density at radius 3 is 3.05 bits per heavy atom. The number of urea groups is 1. The molecule has 0 spiro atoms. The van der Waals surface area contributed by atoms with E-state index in [1.54, 1.807) is 13.0 Å². The number of rotatable bonds is 5. The third kappa shape index (κ3) is 4.11. The second-order valence-electron chi connectivity index (χ2n) is 5.66. The molecule has 3 N–H and O–H groups in total. The van der Waals surface area contributed by atoms with E-state index in [1.807, 2.05) is 12.3 Å². The molecule has 2 amide bonds. The van der Waals surface area contributed by atoms with Crippen LogP contribution in [0.2, 0.25) is 0 Å². The van der Waals surface area contributed by atoms with Crippen LogP contribution in [0, 0.1) is 5.82 Å². The molecule has 0 aromatic heterocycles. The molecule has 1 aliphatic rings. The molecule has 2 rings (SSSR count). The van der Waals surface area contributed by atoms with Gasteiger partial charge in [0.2, 0.25) is 0 Å². The largest absolute Gasteiger partial charge is 0.387 e. The topological polar surface area (TPSA) is 61.4 Å². The normalized spacial score (nSPS) is 19.7. The first-order valence-electron chi connectivity index (χ1n) is 6.96. The van der Waals surface area contributed by atoms with E-state index in [2.05, 4.69) is 10.6 Å². The van der Waals surface area contributed by atoms with Gasteiger partial charge in [-0.2, -0.15) is 11.8 Å². The zero-order valence-electron chi connectivity index (χ0n) is 12.3. The Bertz CT molecular complexity index is 522. The van der Waals surface area contributed by atoms with Gasteiger partial charge in [-0.25, -0.2) is 9.18 Å². The summed E-state index contributed by atoms with van der Waals surface area (Å²) < 4.78 is 13.6. The molecule has 4 nitrogen and oxygen atoms in total. The molecule has 2 unspecified atom stereocenters. The van der Waals surface area contributed by atoms with Crippen molar-refractivity contribution in [2.24, 2.45) is 0 Å². The lowest BCUT2D eigenvalue weighted by Gasteiger charge is -2.23. The summed E-state index contributed by atoms with van der Waals surface area (Å²) in [5.74, 6) is 0.338. The lowest BCUT2D eigenvalue weighted by Crippen LogP contribution is -2.46. The molecule has 116 valence electrons. The van der Waals surface area contributed by atoms with Crippen molar-refractivity contribution < 1.29 is 14.3 Å². The van der Waals surface area contributed by atoms with E-state index in [1.165, 1.54) is 17.8 Å². The number of fused-ring (bicyclic) bond motifs is 1. The molecule has 21 heavy (non-hydrogen) atoms. The Morgan fingerprint density at radius 1 is 1.57 bits per heavy atom. The fourth-order valence-electron chi connectivity index (χ4n) is 2.60. The number of hydrogen-bond acceptors (Lipinski definition) is 3. The highest BCUT2D eigenvalue weighted by molar-refractivity contribution is 7.98. The minimum absolute atomic E-state index is 0.166. The maximum Gasteiger partial charge on any atom is 0.315 e. The highest BCUT2D eigenvalue weighted by atomic mass is 32.2. The summed E-state index contributed by atoms with van der Waals surface area (Å²) in [6.07, 6.45) is 3.24. The van der Waals surface area contributed by atoms with Gasteiger partial charge in [0.05, 0.1) is 11.6 Å². The number of nitrogens with one attached hydrogen (secondary N) is 2. The summed E-state index contributed by atoms with van der Waals surface area (Å²) >= 11 is 1.52. The summed E-state index contributed by atoms with van der Waals surface area (Å²) in [5.41, 5.74) is 0.606. The SMILES string of the molecule is CSCC(C)(O)CNC(=O)NC1CCc2c(F)cccc21. The van der Waals surface area contributed by atoms with Crippen LogP contribution in [0.1, 0.15) is 30.5 Å². The smallest absolute Gasteiger partial charge is 0.315 e. The molecule has 1 aromatic rings. The Morgan fingerprint density at radius 2 is 2.33 bits per heavy atom. The first-order chi connectivity index (χ1) is 9.93. The lowest BCUT2D eigenvalue weighted by atomic mass is 10.1. The van der Waals surface area contributed by atoms with Crippen LogP contribution in [0.3, 0.4) is 0 Å². The Kier molecular flexibility index (Phi) is 5.11. The summed E-state index contributed by atoms with van der Waals surface area (Å²) in [6, 6.07) is 4.45. The highest BCUT2D eigenvalue weighted by Gasteiger charge is 2.27. The van der Waals surface area contributed by atoms with Gasteiger partial charge in [0.25, 0.3) is 0 Å². The molecule has 0 aliphatic heterocycles. The van der Waals surface area contributed by atoms with Crippen LogP contribution in [-0.4, -0.2) is 35.3 Å². The van der Waals surface area contributed by atoms with Gasteiger partial charge < -0.3 is 15.7 Å². The molecule has 0 saturated carbocycles. The quantitative estimate of drug-likeness (QED) is 0.781. The average molecular weight is 312 g/mol. The number of halogens is 1. The van der Waals surface area contributed by atoms with Gasteiger partial charge in [-0.15, -0.1) is 0 Å². The number of aliphatic hydroxyl groups is 1. The van der Waals surface area contributed by atoms with Crippen molar-refractivity contribution in [3.63, 3.8) is 0 Å². The van der Waals surface area contributed by atoms with Crippen LogP contribution in [0.5, 0.6) is 0 Å². The van der Waals surface area contributed by atoms with Crippen molar-refractivity contribution in [3.8, 4) is 0 Å². The monoisotopic (exact) mass is 312 g/mol. The van der Waals surface area contributed by atoms with Gasteiger partial charge in [0, 0.05) is 12.3 Å². The van der Waals surface area contributed by atoms with E-state index in [-0.39, 0.29) is 24.4 Å². The molecule has 1 aliphatic carbocycles. The maximum absolute atomic E-state index is 13.6. The number of hydrogen-bond donors (Lipinski definition) is 3. The van der Waals surface area contributed by atoms with Gasteiger partial charge in [-0.05, 0) is 43.2 Å². The Balaban J connectivity index is 1.90. The first-order valence-corrected chi connectivity index (χ1v) is 8.35. The average Bonchev–Trinajstić information content (AvgIpc) is 2.81. The lowest BCUT2D eigenvalue weighted by molar-refractivity contribution is 0.0868. The van der Waals surface area contributed by atoms with Crippen molar-refractivity contribution in [2.45, 2.75) is 31.4 Å². The van der Waals surface area contributed by atoms with E-state index in [4.69, 9.17) is 0 Å². The van der Waals surface area contributed by atoms with Crippen LogP contribution in [0.4, 0.5) is 9.18 Å². The number of carbonyl (C=O) groups excluding carboxylic acids is 1. The van der Waals surface area contributed by atoms with Crippen LogP contribution in [-0.2, 0) is 6.42 Å². The minimum atomic E-state index is -0.934. The van der Waals surface area contributed by atoms with Crippen molar-refractivity contribution >= 4 is 17.8 Å². The van der Waals surface area contributed by atoms with E-state index < -0.39 is 5.60 Å². The van der Waals surface area contributed by atoms with Crippen molar-refractivity contribution in [3.05, 3.63) is 35.1 Å². The molecule has 2 atom stereocenters. The zero-order valence-corrected chi connectivity index (χ0v) is 13.1. The summed E-state index contributed by atoms with van der Waals surface area (Å²) in [7, 11) is 0. The van der Waals surface area contributed by atoms with Crippen molar-refractivity contribution in [1.82, 2.24) is 10.6 Å². The van der Waals surface area contributed by atoms with Gasteiger partial charge in [0.1, 0.15) is 5.82 Å². The fourth-order valence-corrected chi connectivity index (χ4v) is 3.33. The number of thioether (sulfide) groups is 1. The summed E-state index contributed by atoms with van der Waals surface area (Å²) in [6.45, 7) is 1.87. The van der Waals surface area contributed by atoms with Crippen LogP contribution < -0.4 is 10.6 Å². The Hall–Kier alpha value is -1.27. The van der Waals surface area contributed by atoms with E-state index in [9.17, 15) is 14.3 Å². The highest BCUT2D eigenvalue weighted by Crippen LogP contribution is 2.32. The minimum Gasteiger partial charge on any atom is -0.387 e. The van der Waals surface area contributed by atoms with Crippen molar-refractivity contribution in [2.75, 3.05) is 18.6 Å². The molecule has 0 fully saturated rings. The molecular weight excluding hydrogens is 291 g/mol. The van der Waals surface area contributed by atoms with E-state index in [0.717, 1.165) is 5.56 Å².